The van der Waals surface area contributed by atoms with Gasteiger partial charge in [0.1, 0.15) is 5.76 Å². The number of allylic oxidation sites excluding steroid dienone is 1. The fraction of sp³-hybridized carbons (Fsp3) is 0.176. The van der Waals surface area contributed by atoms with Gasteiger partial charge < -0.3 is 4.74 Å². The molecule has 0 aliphatic carbocycles. The van der Waals surface area contributed by atoms with E-state index in [0.29, 0.717) is 6.61 Å². The molecule has 0 aromatic heterocycles. The lowest BCUT2D eigenvalue weighted by Crippen LogP contribution is -2.07. The summed E-state index contributed by atoms with van der Waals surface area (Å²) in [5.74, 6) is 0.873. The molecule has 3 rings (SSSR count). The van der Waals surface area contributed by atoms with Gasteiger partial charge in [-0.3, -0.25) is 0 Å². The molecule has 2 unspecified atom stereocenters. The Morgan fingerprint density at radius 3 is 2.25 bits per heavy atom. The maximum Gasteiger partial charge on any atom is 0.106 e. The molecule has 102 valence electrons. The highest BCUT2D eigenvalue weighted by Gasteiger charge is 2.31. The number of rotatable bonds is 3. The van der Waals surface area contributed by atoms with Crippen LogP contribution in [0, 0.1) is 0 Å². The molecular formula is C17H16O2S. The molecule has 1 aliphatic rings. The van der Waals surface area contributed by atoms with Crippen molar-refractivity contribution >= 4 is 10.8 Å². The maximum absolute atomic E-state index is 12.8. The molecule has 2 aromatic rings. The molecule has 2 atom stereocenters. The quantitative estimate of drug-likeness (QED) is 0.856. The molecule has 2 nitrogen and oxygen atoms in total. The van der Waals surface area contributed by atoms with Crippen molar-refractivity contribution in [3.63, 3.8) is 0 Å². The van der Waals surface area contributed by atoms with Gasteiger partial charge in [-0.25, -0.2) is 4.21 Å². The van der Waals surface area contributed by atoms with Gasteiger partial charge in [-0.05, 0) is 24.6 Å². The minimum Gasteiger partial charge on any atom is -0.496 e. The van der Waals surface area contributed by atoms with E-state index in [1.165, 1.54) is 0 Å². The standard InChI is InChI=1S/C17H16O2S/c1-13-17(20(18)15-10-6-3-7-11-15)16(12-19-13)14-8-4-2-5-9-14/h2-11,16H,12H2,1H3. The fourth-order valence-electron chi connectivity index (χ4n) is 2.46. The van der Waals surface area contributed by atoms with Crippen LogP contribution in [-0.4, -0.2) is 10.8 Å². The van der Waals surface area contributed by atoms with Gasteiger partial charge in [0, 0.05) is 4.90 Å². The van der Waals surface area contributed by atoms with Gasteiger partial charge in [0.05, 0.1) is 28.2 Å². The number of hydrogen-bond donors (Lipinski definition) is 0. The third-order valence-corrected chi connectivity index (χ3v) is 5.16. The van der Waals surface area contributed by atoms with Gasteiger partial charge in [-0.2, -0.15) is 0 Å². The van der Waals surface area contributed by atoms with Crippen LogP contribution in [0.5, 0.6) is 0 Å². The van der Waals surface area contributed by atoms with Crippen molar-refractivity contribution in [1.82, 2.24) is 0 Å². The summed E-state index contributed by atoms with van der Waals surface area (Å²) in [5, 5.41) is 0. The highest BCUT2D eigenvalue weighted by Crippen LogP contribution is 2.37. The van der Waals surface area contributed by atoms with Crippen LogP contribution >= 0.6 is 0 Å². The zero-order chi connectivity index (χ0) is 13.9. The molecule has 0 fully saturated rings. The van der Waals surface area contributed by atoms with Crippen LogP contribution in [0.2, 0.25) is 0 Å². The van der Waals surface area contributed by atoms with E-state index in [2.05, 4.69) is 12.1 Å². The second-order valence-corrected chi connectivity index (χ2v) is 6.23. The van der Waals surface area contributed by atoms with Crippen molar-refractivity contribution in [2.75, 3.05) is 6.61 Å². The Hall–Kier alpha value is -1.87. The van der Waals surface area contributed by atoms with Crippen molar-refractivity contribution in [1.29, 1.82) is 0 Å². The Balaban J connectivity index is 1.98. The molecule has 0 radical (unpaired) electrons. The summed E-state index contributed by atoms with van der Waals surface area (Å²) in [6.07, 6.45) is 0. The monoisotopic (exact) mass is 284 g/mol. The van der Waals surface area contributed by atoms with E-state index in [9.17, 15) is 4.21 Å². The molecule has 2 aromatic carbocycles. The first-order valence-electron chi connectivity index (χ1n) is 6.62. The van der Waals surface area contributed by atoms with Gasteiger partial charge >= 0.3 is 0 Å². The maximum atomic E-state index is 12.8. The number of hydrogen-bond acceptors (Lipinski definition) is 2. The molecule has 0 N–H and O–H groups in total. The second-order valence-electron chi connectivity index (χ2n) is 4.78. The van der Waals surface area contributed by atoms with Gasteiger partial charge in [0.15, 0.2) is 0 Å². The summed E-state index contributed by atoms with van der Waals surface area (Å²) in [6.45, 7) is 2.48. The summed E-state index contributed by atoms with van der Waals surface area (Å²) in [6, 6.07) is 19.7. The number of benzene rings is 2. The highest BCUT2D eigenvalue weighted by atomic mass is 32.2. The second kappa shape index (κ2) is 5.63. The molecule has 0 saturated carbocycles. The van der Waals surface area contributed by atoms with Crippen molar-refractivity contribution in [2.45, 2.75) is 17.7 Å². The first kappa shape index (κ1) is 13.1. The van der Waals surface area contributed by atoms with Gasteiger partial charge in [-0.1, -0.05) is 48.5 Å². The summed E-state index contributed by atoms with van der Waals surface area (Å²) < 4.78 is 18.5. The summed E-state index contributed by atoms with van der Waals surface area (Å²) >= 11 is 0. The van der Waals surface area contributed by atoms with Crippen molar-refractivity contribution in [3.8, 4) is 0 Å². The van der Waals surface area contributed by atoms with Crippen molar-refractivity contribution in [3.05, 3.63) is 76.9 Å². The Bertz CT molecular complexity index is 647. The third-order valence-electron chi connectivity index (χ3n) is 3.49. The Kier molecular flexibility index (Phi) is 3.70. The smallest absolute Gasteiger partial charge is 0.106 e. The van der Waals surface area contributed by atoms with Crippen molar-refractivity contribution in [2.24, 2.45) is 0 Å². The summed E-state index contributed by atoms with van der Waals surface area (Å²) in [5.41, 5.74) is 1.16. The summed E-state index contributed by atoms with van der Waals surface area (Å²) in [7, 11) is -1.16. The molecule has 1 aliphatic heterocycles. The van der Waals surface area contributed by atoms with Crippen LogP contribution in [0.25, 0.3) is 0 Å². The molecule has 0 amide bonds. The van der Waals surface area contributed by atoms with E-state index in [4.69, 9.17) is 4.74 Å². The molecule has 0 bridgehead atoms. The Labute approximate surface area is 121 Å². The molecule has 3 heteroatoms. The zero-order valence-corrected chi connectivity index (χ0v) is 12.1. The van der Waals surface area contributed by atoms with Crippen molar-refractivity contribution < 1.29 is 8.95 Å². The Morgan fingerprint density at radius 1 is 1.00 bits per heavy atom. The zero-order valence-electron chi connectivity index (χ0n) is 11.3. The van der Waals surface area contributed by atoms with E-state index < -0.39 is 10.8 Å². The topological polar surface area (TPSA) is 26.3 Å². The third kappa shape index (κ3) is 2.41. The predicted molar refractivity (Wildman–Crippen MR) is 80.7 cm³/mol. The van der Waals surface area contributed by atoms with Crippen LogP contribution in [-0.2, 0) is 15.5 Å². The van der Waals surface area contributed by atoms with E-state index in [-0.39, 0.29) is 5.92 Å². The van der Waals surface area contributed by atoms with Gasteiger partial charge in [0.2, 0.25) is 0 Å². The van der Waals surface area contributed by atoms with E-state index in [0.717, 1.165) is 21.1 Å². The lowest BCUT2D eigenvalue weighted by atomic mass is 10.0. The summed E-state index contributed by atoms with van der Waals surface area (Å²) in [4.78, 5) is 1.72. The molecule has 0 spiro atoms. The van der Waals surface area contributed by atoms with Crippen LogP contribution in [0.1, 0.15) is 18.4 Å². The number of ether oxygens (including phenoxy) is 1. The van der Waals surface area contributed by atoms with Crippen LogP contribution in [0.3, 0.4) is 0 Å². The first-order chi connectivity index (χ1) is 9.77. The molecule has 0 saturated heterocycles. The SMILES string of the molecule is CC1=C(S(=O)c2ccccc2)C(c2ccccc2)CO1. The largest absolute Gasteiger partial charge is 0.496 e. The van der Waals surface area contributed by atoms with Gasteiger partial charge in [0.25, 0.3) is 0 Å². The average Bonchev–Trinajstić information content (AvgIpc) is 2.90. The lowest BCUT2D eigenvalue weighted by Gasteiger charge is -2.13. The van der Waals surface area contributed by atoms with Crippen LogP contribution in [0.4, 0.5) is 0 Å². The van der Waals surface area contributed by atoms with E-state index in [1.54, 1.807) is 0 Å². The van der Waals surface area contributed by atoms with E-state index >= 15 is 0 Å². The first-order valence-corrected chi connectivity index (χ1v) is 7.77. The Morgan fingerprint density at radius 2 is 1.60 bits per heavy atom. The molecule has 20 heavy (non-hydrogen) atoms. The average molecular weight is 284 g/mol. The molecule has 1 heterocycles. The van der Waals surface area contributed by atoms with Gasteiger partial charge in [-0.15, -0.1) is 0 Å². The lowest BCUT2D eigenvalue weighted by molar-refractivity contribution is 0.237. The van der Waals surface area contributed by atoms with E-state index in [1.807, 2.05) is 55.5 Å². The molecular weight excluding hydrogens is 268 g/mol. The minimum atomic E-state index is -1.16. The van der Waals surface area contributed by atoms with Crippen LogP contribution in [0.15, 0.2) is 76.2 Å². The minimum absolute atomic E-state index is 0.0808. The fourth-order valence-corrected chi connectivity index (χ4v) is 3.91. The normalized spacial score (nSPS) is 19.8. The van der Waals surface area contributed by atoms with Crippen LogP contribution < -0.4 is 0 Å². The highest BCUT2D eigenvalue weighted by molar-refractivity contribution is 7.89. The predicted octanol–water partition coefficient (Wildman–Crippen LogP) is 3.84.